The predicted octanol–water partition coefficient (Wildman–Crippen LogP) is 1.12. The maximum atomic E-state index is 9.80. The quantitative estimate of drug-likeness (QED) is 0.734. The van der Waals surface area contributed by atoms with Crippen LogP contribution in [-0.4, -0.2) is 19.3 Å². The predicted molar refractivity (Wildman–Crippen MR) is 60.1 cm³/mol. The van der Waals surface area contributed by atoms with Crippen LogP contribution in [0.2, 0.25) is 0 Å². The summed E-state index contributed by atoms with van der Waals surface area (Å²) in [5, 5.41) is 11.1. The summed E-state index contributed by atoms with van der Waals surface area (Å²) in [5.41, 5.74) is 1.38. The number of phenolic OH excluding ortho intramolecular Hbond substituents is 1. The van der Waals surface area contributed by atoms with E-state index in [1.54, 1.807) is 19.2 Å². The van der Waals surface area contributed by atoms with Crippen LogP contribution in [0.1, 0.15) is 5.56 Å². The van der Waals surface area contributed by atoms with Crippen molar-refractivity contribution in [3.8, 4) is 11.5 Å². The van der Waals surface area contributed by atoms with Crippen molar-refractivity contribution in [3.05, 3.63) is 29.7 Å². The van der Waals surface area contributed by atoms with E-state index in [0.717, 1.165) is 5.56 Å². The minimum Gasteiger partial charge on any atom is -0.506 e. The summed E-state index contributed by atoms with van der Waals surface area (Å²) in [6.45, 7) is 0. The van der Waals surface area contributed by atoms with Crippen molar-refractivity contribution in [2.75, 3.05) is 19.2 Å². The van der Waals surface area contributed by atoms with E-state index >= 15 is 0 Å². The van der Waals surface area contributed by atoms with Gasteiger partial charge in [-0.05, 0) is 18.2 Å². The summed E-state index contributed by atoms with van der Waals surface area (Å²) in [5.74, 6) is 7.18. The highest BCUT2D eigenvalue weighted by molar-refractivity contribution is 5.71. The first-order valence-corrected chi connectivity index (χ1v) is 4.86. The zero-order chi connectivity index (χ0) is 11.7. The molecule has 16 heavy (non-hydrogen) atoms. The molecule has 0 radical (unpaired) electrons. The zero-order valence-electron chi connectivity index (χ0n) is 9.23. The SMILES string of the molecule is COC1=CCc2c(OC)ccc(O)c2N1N. The molecule has 2 rings (SSSR count). The maximum absolute atomic E-state index is 9.80. The Hall–Kier alpha value is -1.88. The van der Waals surface area contributed by atoms with Crippen molar-refractivity contribution >= 4 is 5.69 Å². The molecule has 0 aromatic heterocycles. The number of fused-ring (bicyclic) bond motifs is 1. The molecule has 0 bridgehead atoms. The van der Waals surface area contributed by atoms with Crippen molar-refractivity contribution in [3.63, 3.8) is 0 Å². The standard InChI is InChI=1S/C11H14N2O3/c1-15-9-5-4-8(14)11-7(9)3-6-10(16-2)13(11)12/h4-6,14H,3,12H2,1-2H3. The molecule has 0 unspecified atom stereocenters. The Kier molecular flexibility index (Phi) is 2.62. The number of hydrogen-bond acceptors (Lipinski definition) is 5. The normalized spacial score (nSPS) is 14.2. The van der Waals surface area contributed by atoms with Crippen molar-refractivity contribution in [1.82, 2.24) is 0 Å². The van der Waals surface area contributed by atoms with Crippen LogP contribution in [0, 0.1) is 0 Å². The third kappa shape index (κ3) is 1.45. The molecule has 5 nitrogen and oxygen atoms in total. The second kappa shape index (κ2) is 3.94. The van der Waals surface area contributed by atoms with Crippen LogP contribution in [0.25, 0.3) is 0 Å². The molecule has 0 saturated carbocycles. The van der Waals surface area contributed by atoms with Gasteiger partial charge in [0.2, 0.25) is 5.88 Å². The Bertz CT molecular complexity index is 443. The molecule has 1 aliphatic heterocycles. The molecule has 0 amide bonds. The van der Waals surface area contributed by atoms with Crippen LogP contribution in [-0.2, 0) is 11.2 Å². The Morgan fingerprint density at radius 3 is 2.69 bits per heavy atom. The van der Waals surface area contributed by atoms with E-state index in [2.05, 4.69) is 0 Å². The number of hydrazine groups is 1. The number of methoxy groups -OCH3 is 2. The average molecular weight is 222 g/mol. The minimum atomic E-state index is 0.112. The number of hydrogen-bond donors (Lipinski definition) is 2. The van der Waals surface area contributed by atoms with Crippen LogP contribution >= 0.6 is 0 Å². The van der Waals surface area contributed by atoms with Crippen LogP contribution in [0.4, 0.5) is 5.69 Å². The van der Waals surface area contributed by atoms with Gasteiger partial charge in [0.1, 0.15) is 17.2 Å². The third-order valence-electron chi connectivity index (χ3n) is 2.61. The van der Waals surface area contributed by atoms with Gasteiger partial charge in [-0.2, -0.15) is 0 Å². The Morgan fingerprint density at radius 2 is 2.06 bits per heavy atom. The van der Waals surface area contributed by atoms with Gasteiger partial charge in [0.15, 0.2) is 0 Å². The van der Waals surface area contributed by atoms with Gasteiger partial charge in [0.25, 0.3) is 0 Å². The molecule has 5 heteroatoms. The Labute approximate surface area is 93.7 Å². The molecule has 1 heterocycles. The molecular formula is C11H14N2O3. The molecule has 1 aromatic carbocycles. The highest BCUT2D eigenvalue weighted by Gasteiger charge is 2.24. The fraction of sp³-hybridized carbons (Fsp3) is 0.273. The molecule has 1 aliphatic rings. The molecule has 0 atom stereocenters. The van der Waals surface area contributed by atoms with E-state index in [9.17, 15) is 5.11 Å². The number of benzene rings is 1. The first-order valence-electron chi connectivity index (χ1n) is 4.86. The molecule has 0 saturated heterocycles. The molecule has 86 valence electrons. The van der Waals surface area contributed by atoms with Crippen molar-refractivity contribution in [2.45, 2.75) is 6.42 Å². The van der Waals surface area contributed by atoms with Gasteiger partial charge >= 0.3 is 0 Å². The number of rotatable bonds is 2. The number of anilines is 1. The smallest absolute Gasteiger partial charge is 0.204 e. The number of aromatic hydroxyl groups is 1. The lowest BCUT2D eigenvalue weighted by atomic mass is 10.0. The monoisotopic (exact) mass is 222 g/mol. The average Bonchev–Trinajstić information content (AvgIpc) is 2.30. The van der Waals surface area contributed by atoms with Crippen LogP contribution < -0.4 is 15.6 Å². The first kappa shape index (κ1) is 10.6. The second-order valence-electron chi connectivity index (χ2n) is 3.43. The van der Waals surface area contributed by atoms with E-state index in [-0.39, 0.29) is 5.75 Å². The van der Waals surface area contributed by atoms with Gasteiger partial charge in [-0.1, -0.05) is 0 Å². The summed E-state index contributed by atoms with van der Waals surface area (Å²) in [6, 6.07) is 3.27. The molecule has 0 aliphatic carbocycles. The van der Waals surface area contributed by atoms with Crippen molar-refractivity contribution < 1.29 is 14.6 Å². The summed E-state index contributed by atoms with van der Waals surface area (Å²) < 4.78 is 10.3. The van der Waals surface area contributed by atoms with E-state index in [1.165, 1.54) is 12.1 Å². The van der Waals surface area contributed by atoms with Crippen LogP contribution in [0.3, 0.4) is 0 Å². The van der Waals surface area contributed by atoms with Gasteiger partial charge in [0.05, 0.1) is 14.2 Å². The van der Waals surface area contributed by atoms with Gasteiger partial charge in [-0.25, -0.2) is 10.9 Å². The molecule has 0 fully saturated rings. The minimum absolute atomic E-state index is 0.112. The third-order valence-corrected chi connectivity index (χ3v) is 2.61. The number of allylic oxidation sites excluding steroid dienone is 1. The zero-order valence-corrected chi connectivity index (χ0v) is 9.23. The van der Waals surface area contributed by atoms with E-state index in [0.29, 0.717) is 23.7 Å². The second-order valence-corrected chi connectivity index (χ2v) is 3.43. The summed E-state index contributed by atoms with van der Waals surface area (Å²) in [7, 11) is 3.12. The van der Waals surface area contributed by atoms with E-state index in [4.69, 9.17) is 15.3 Å². The number of nitrogens with two attached hydrogens (primary N) is 1. The number of ether oxygens (including phenoxy) is 2. The topological polar surface area (TPSA) is 68.0 Å². The number of phenols is 1. The molecule has 0 spiro atoms. The van der Waals surface area contributed by atoms with Crippen molar-refractivity contribution in [1.29, 1.82) is 0 Å². The van der Waals surface area contributed by atoms with Gasteiger partial charge < -0.3 is 14.6 Å². The van der Waals surface area contributed by atoms with E-state index in [1.807, 2.05) is 6.08 Å². The highest BCUT2D eigenvalue weighted by Crippen LogP contribution is 2.40. The molecule has 1 aromatic rings. The van der Waals surface area contributed by atoms with Crippen LogP contribution in [0.15, 0.2) is 24.1 Å². The fourth-order valence-electron chi connectivity index (χ4n) is 1.84. The lowest BCUT2D eigenvalue weighted by molar-refractivity contribution is 0.274. The first-order chi connectivity index (χ1) is 7.69. The maximum Gasteiger partial charge on any atom is 0.204 e. The molecular weight excluding hydrogens is 208 g/mol. The lowest BCUT2D eigenvalue weighted by Crippen LogP contribution is -2.34. The van der Waals surface area contributed by atoms with Gasteiger partial charge in [0, 0.05) is 12.0 Å². The summed E-state index contributed by atoms with van der Waals surface area (Å²) in [6.07, 6.45) is 2.45. The number of nitrogens with zero attached hydrogens (tertiary/aromatic N) is 1. The summed E-state index contributed by atoms with van der Waals surface area (Å²) >= 11 is 0. The Morgan fingerprint density at radius 1 is 1.31 bits per heavy atom. The lowest BCUT2D eigenvalue weighted by Gasteiger charge is -2.28. The molecule has 3 N–H and O–H groups in total. The highest BCUT2D eigenvalue weighted by atomic mass is 16.5. The largest absolute Gasteiger partial charge is 0.506 e. The van der Waals surface area contributed by atoms with E-state index < -0.39 is 0 Å². The van der Waals surface area contributed by atoms with Gasteiger partial charge in [-0.3, -0.25) is 0 Å². The van der Waals surface area contributed by atoms with Crippen LogP contribution in [0.5, 0.6) is 11.5 Å². The van der Waals surface area contributed by atoms with Crippen molar-refractivity contribution in [2.24, 2.45) is 5.84 Å². The fourth-order valence-corrected chi connectivity index (χ4v) is 1.84. The Balaban J connectivity index is 2.55. The van der Waals surface area contributed by atoms with Gasteiger partial charge in [-0.15, -0.1) is 0 Å². The summed E-state index contributed by atoms with van der Waals surface area (Å²) in [4.78, 5) is 0.